The van der Waals surface area contributed by atoms with E-state index in [4.69, 9.17) is 10.1 Å². The summed E-state index contributed by atoms with van der Waals surface area (Å²) in [5.41, 5.74) is 3.91. The number of hydrogen-bond acceptors (Lipinski definition) is 7. The first kappa shape index (κ1) is 27.1. The highest BCUT2D eigenvalue weighted by molar-refractivity contribution is 7.98. The molecular weight excluding hydrogens is 529 g/mol. The third-order valence-electron chi connectivity index (χ3n) is 5.92. The maximum Gasteiger partial charge on any atom is 0.272 e. The number of nitrogens with zero attached hydrogens (tertiary/aromatic N) is 2. The second kappa shape index (κ2) is 12.0. The molecule has 37 heavy (non-hydrogen) atoms. The van der Waals surface area contributed by atoms with Gasteiger partial charge in [0, 0.05) is 25.3 Å². The fraction of sp³-hybridized carbons (Fsp3) is 0.269. The van der Waals surface area contributed by atoms with Crippen LogP contribution in [0, 0.1) is 6.92 Å². The molecule has 0 fully saturated rings. The van der Waals surface area contributed by atoms with Crippen molar-refractivity contribution in [3.63, 3.8) is 0 Å². The van der Waals surface area contributed by atoms with Gasteiger partial charge in [0.2, 0.25) is 15.9 Å². The zero-order chi connectivity index (χ0) is 26.4. The van der Waals surface area contributed by atoms with Crippen molar-refractivity contribution in [1.82, 2.24) is 14.9 Å². The molecule has 1 amide bonds. The Kier molecular flexibility index (Phi) is 8.80. The SMILES string of the molecule is Cc1ccccc1CSc1nc2ccsc2c(=O)n1CCCC(=O)NCCc1ccc(S(N)(=O)=O)cc1. The minimum absolute atomic E-state index is 0.0576. The number of aryl methyl sites for hydroxylation is 1. The summed E-state index contributed by atoms with van der Waals surface area (Å²) in [6, 6.07) is 16.3. The molecule has 0 saturated carbocycles. The molecule has 0 aliphatic heterocycles. The number of primary sulfonamides is 1. The number of thioether (sulfide) groups is 1. The van der Waals surface area contributed by atoms with Crippen molar-refractivity contribution in [2.24, 2.45) is 5.14 Å². The van der Waals surface area contributed by atoms with Crippen LogP contribution < -0.4 is 16.0 Å². The molecule has 2 aromatic heterocycles. The first-order valence-corrected chi connectivity index (χ1v) is 15.2. The van der Waals surface area contributed by atoms with Gasteiger partial charge in [-0.05, 0) is 60.0 Å². The summed E-state index contributed by atoms with van der Waals surface area (Å²) in [6.45, 7) is 2.89. The average Bonchev–Trinajstić information content (AvgIpc) is 3.34. The highest BCUT2D eigenvalue weighted by Crippen LogP contribution is 2.25. The van der Waals surface area contributed by atoms with Crippen molar-refractivity contribution >= 4 is 49.2 Å². The van der Waals surface area contributed by atoms with E-state index in [1.54, 1.807) is 16.7 Å². The van der Waals surface area contributed by atoms with E-state index in [0.717, 1.165) is 5.56 Å². The van der Waals surface area contributed by atoms with Crippen molar-refractivity contribution in [3.8, 4) is 0 Å². The summed E-state index contributed by atoms with van der Waals surface area (Å²) in [7, 11) is -3.72. The molecule has 2 aromatic carbocycles. The fourth-order valence-corrected chi connectivity index (χ4v) is 6.22. The Bertz CT molecular complexity index is 1560. The number of sulfonamides is 1. The van der Waals surface area contributed by atoms with Gasteiger partial charge < -0.3 is 5.32 Å². The summed E-state index contributed by atoms with van der Waals surface area (Å²) in [5, 5.41) is 10.5. The van der Waals surface area contributed by atoms with Crippen LogP contribution in [0.3, 0.4) is 0 Å². The zero-order valence-electron chi connectivity index (χ0n) is 20.3. The Morgan fingerprint density at radius 1 is 1.14 bits per heavy atom. The minimum atomic E-state index is -3.72. The highest BCUT2D eigenvalue weighted by atomic mass is 32.2. The molecule has 0 atom stereocenters. The van der Waals surface area contributed by atoms with Crippen LogP contribution in [0.4, 0.5) is 0 Å². The van der Waals surface area contributed by atoms with E-state index in [-0.39, 0.29) is 22.8 Å². The first-order valence-electron chi connectivity index (χ1n) is 11.8. The van der Waals surface area contributed by atoms with Gasteiger partial charge in [0.05, 0.1) is 10.4 Å². The van der Waals surface area contributed by atoms with Gasteiger partial charge in [0.25, 0.3) is 5.56 Å². The fourth-order valence-electron chi connectivity index (χ4n) is 3.82. The summed E-state index contributed by atoms with van der Waals surface area (Å²) in [6.07, 6.45) is 1.35. The number of aromatic nitrogens is 2. The summed E-state index contributed by atoms with van der Waals surface area (Å²) in [4.78, 5) is 30.3. The van der Waals surface area contributed by atoms with E-state index in [2.05, 4.69) is 24.4 Å². The Morgan fingerprint density at radius 3 is 2.62 bits per heavy atom. The van der Waals surface area contributed by atoms with Crippen molar-refractivity contribution in [2.45, 2.75) is 48.5 Å². The standard InChI is InChI=1S/C26H28N4O4S3/c1-18-5-2-3-6-20(18)17-36-26-29-22-13-16-35-24(22)25(32)30(26)15-4-7-23(31)28-14-12-19-8-10-21(11-9-19)37(27,33)34/h2-3,5-6,8-11,13,16H,4,7,12,14-15,17H2,1H3,(H,28,31)(H2,27,33,34). The van der Waals surface area contributed by atoms with E-state index in [9.17, 15) is 18.0 Å². The molecule has 0 spiro atoms. The van der Waals surface area contributed by atoms with Crippen LogP contribution in [0.25, 0.3) is 10.2 Å². The molecular formula is C26H28N4O4S3. The highest BCUT2D eigenvalue weighted by Gasteiger charge is 2.14. The van der Waals surface area contributed by atoms with Gasteiger partial charge in [-0.2, -0.15) is 0 Å². The van der Waals surface area contributed by atoms with Crippen LogP contribution in [0.5, 0.6) is 0 Å². The van der Waals surface area contributed by atoms with Crippen LogP contribution in [-0.2, 0) is 33.5 Å². The van der Waals surface area contributed by atoms with Crippen LogP contribution in [0.15, 0.2) is 74.8 Å². The zero-order valence-corrected chi connectivity index (χ0v) is 22.8. The normalized spacial score (nSPS) is 11.6. The maximum atomic E-state index is 13.2. The van der Waals surface area contributed by atoms with Crippen molar-refractivity contribution < 1.29 is 13.2 Å². The second-order valence-corrected chi connectivity index (χ2v) is 12.0. The van der Waals surface area contributed by atoms with E-state index < -0.39 is 10.0 Å². The first-order chi connectivity index (χ1) is 17.7. The number of thiophene rings is 1. The summed E-state index contributed by atoms with van der Waals surface area (Å²) < 4.78 is 25.0. The summed E-state index contributed by atoms with van der Waals surface area (Å²) >= 11 is 2.91. The number of benzene rings is 2. The van der Waals surface area contributed by atoms with E-state index in [1.807, 2.05) is 23.6 Å². The lowest BCUT2D eigenvalue weighted by Crippen LogP contribution is -2.27. The lowest BCUT2D eigenvalue weighted by Gasteiger charge is -2.13. The predicted molar refractivity (Wildman–Crippen MR) is 148 cm³/mol. The molecule has 3 N–H and O–H groups in total. The maximum absolute atomic E-state index is 13.2. The number of amides is 1. The molecule has 4 aromatic rings. The number of fused-ring (bicyclic) bond motifs is 1. The Balaban J connectivity index is 1.33. The number of rotatable bonds is 11. The molecule has 0 aliphatic rings. The van der Waals surface area contributed by atoms with Crippen molar-refractivity contribution in [3.05, 3.63) is 87.0 Å². The van der Waals surface area contributed by atoms with E-state index in [0.29, 0.717) is 47.1 Å². The van der Waals surface area contributed by atoms with Gasteiger partial charge in [0.1, 0.15) is 4.70 Å². The Hall–Kier alpha value is -2.99. The van der Waals surface area contributed by atoms with Crippen molar-refractivity contribution in [2.75, 3.05) is 6.54 Å². The third kappa shape index (κ3) is 7.07. The molecule has 0 radical (unpaired) electrons. The molecule has 0 saturated heterocycles. The molecule has 8 nitrogen and oxygen atoms in total. The number of nitrogens with one attached hydrogen (secondary N) is 1. The lowest BCUT2D eigenvalue weighted by atomic mass is 10.1. The largest absolute Gasteiger partial charge is 0.356 e. The van der Waals surface area contributed by atoms with Crippen LogP contribution in [0.1, 0.15) is 29.5 Å². The monoisotopic (exact) mass is 556 g/mol. The topological polar surface area (TPSA) is 124 Å². The molecule has 0 bridgehead atoms. The Labute approximate surface area is 224 Å². The smallest absolute Gasteiger partial charge is 0.272 e. The van der Waals surface area contributed by atoms with Gasteiger partial charge in [-0.1, -0.05) is 48.2 Å². The number of carbonyl (C=O) groups excluding carboxylic acids is 1. The number of hydrogen-bond donors (Lipinski definition) is 2. The number of carbonyl (C=O) groups is 1. The molecule has 2 heterocycles. The van der Waals surface area contributed by atoms with Gasteiger partial charge in [-0.15, -0.1) is 11.3 Å². The van der Waals surface area contributed by atoms with Gasteiger partial charge >= 0.3 is 0 Å². The molecule has 0 unspecified atom stereocenters. The van der Waals surface area contributed by atoms with Crippen LogP contribution >= 0.6 is 23.1 Å². The Morgan fingerprint density at radius 2 is 1.89 bits per heavy atom. The molecule has 194 valence electrons. The summed E-state index contributed by atoms with van der Waals surface area (Å²) in [5.74, 6) is 0.599. The molecule has 4 rings (SSSR count). The quantitative estimate of drug-likeness (QED) is 0.214. The molecule has 0 aliphatic carbocycles. The van der Waals surface area contributed by atoms with Crippen LogP contribution in [0.2, 0.25) is 0 Å². The van der Waals surface area contributed by atoms with E-state index >= 15 is 0 Å². The van der Waals surface area contributed by atoms with Crippen LogP contribution in [-0.4, -0.2) is 30.4 Å². The average molecular weight is 557 g/mol. The lowest BCUT2D eigenvalue weighted by molar-refractivity contribution is -0.121. The number of nitrogens with two attached hydrogens (primary N) is 1. The third-order valence-corrected chi connectivity index (χ3v) is 8.77. The van der Waals surface area contributed by atoms with Crippen molar-refractivity contribution in [1.29, 1.82) is 0 Å². The second-order valence-electron chi connectivity index (χ2n) is 8.59. The minimum Gasteiger partial charge on any atom is -0.356 e. The van der Waals surface area contributed by atoms with E-state index in [1.165, 1.54) is 46.4 Å². The molecule has 11 heteroatoms. The van der Waals surface area contributed by atoms with Gasteiger partial charge in [-0.3, -0.25) is 14.2 Å². The predicted octanol–water partition coefficient (Wildman–Crippen LogP) is 3.85. The van der Waals surface area contributed by atoms with Gasteiger partial charge in [0.15, 0.2) is 5.16 Å². The van der Waals surface area contributed by atoms with Gasteiger partial charge in [-0.25, -0.2) is 18.5 Å².